The normalized spacial score (nSPS) is 19.9. The van der Waals surface area contributed by atoms with Crippen LogP contribution in [0.3, 0.4) is 0 Å². The van der Waals surface area contributed by atoms with E-state index in [2.05, 4.69) is 0 Å². The Kier molecular flexibility index (Phi) is 5.17. The summed E-state index contributed by atoms with van der Waals surface area (Å²) in [6.07, 6.45) is 2.06. The van der Waals surface area contributed by atoms with Crippen molar-refractivity contribution in [3.63, 3.8) is 0 Å². The fraction of sp³-hybridized carbons (Fsp3) is 0.846. The van der Waals surface area contributed by atoms with Gasteiger partial charge in [-0.15, -0.1) is 0 Å². The molecule has 0 aliphatic carbocycles. The van der Waals surface area contributed by atoms with E-state index in [4.69, 9.17) is 9.84 Å². The predicted octanol–water partition coefficient (Wildman–Crippen LogP) is 1.26. The third-order valence-corrected chi connectivity index (χ3v) is 3.76. The molecule has 0 bridgehead atoms. The Hall–Kier alpha value is -1.30. The van der Waals surface area contributed by atoms with Crippen molar-refractivity contribution in [3.8, 4) is 0 Å². The van der Waals surface area contributed by atoms with Crippen LogP contribution < -0.4 is 0 Å². The quantitative estimate of drug-likeness (QED) is 0.836. The third kappa shape index (κ3) is 3.83. The first-order valence-electron chi connectivity index (χ1n) is 6.57. The highest BCUT2D eigenvalue weighted by atomic mass is 16.5. The molecule has 110 valence electrons. The van der Waals surface area contributed by atoms with Crippen molar-refractivity contribution in [2.24, 2.45) is 5.92 Å². The molecule has 2 amide bonds. The zero-order valence-corrected chi connectivity index (χ0v) is 12.2. The maximum Gasteiger partial charge on any atom is 0.329 e. The number of urea groups is 1. The number of carbonyl (C=O) groups excluding carboxylic acids is 1. The molecule has 1 fully saturated rings. The summed E-state index contributed by atoms with van der Waals surface area (Å²) in [5.41, 5.74) is -1.21. The predicted molar refractivity (Wildman–Crippen MR) is 71.0 cm³/mol. The van der Waals surface area contributed by atoms with E-state index >= 15 is 0 Å². The second-order valence-electron chi connectivity index (χ2n) is 5.67. The van der Waals surface area contributed by atoms with Gasteiger partial charge in [0.25, 0.3) is 0 Å². The average molecular weight is 272 g/mol. The number of hydrogen-bond donors (Lipinski definition) is 1. The van der Waals surface area contributed by atoms with Crippen LogP contribution in [0.15, 0.2) is 0 Å². The summed E-state index contributed by atoms with van der Waals surface area (Å²) in [6.45, 7) is 5.10. The van der Waals surface area contributed by atoms with E-state index in [1.54, 1.807) is 11.9 Å². The van der Waals surface area contributed by atoms with Crippen molar-refractivity contribution in [1.29, 1.82) is 0 Å². The minimum atomic E-state index is -1.21. The largest absolute Gasteiger partial charge is 0.480 e. The van der Waals surface area contributed by atoms with Gasteiger partial charge in [0.1, 0.15) is 5.54 Å². The summed E-state index contributed by atoms with van der Waals surface area (Å²) < 4.78 is 5.38. The fourth-order valence-electron chi connectivity index (χ4n) is 2.06. The molecule has 0 spiro atoms. The van der Waals surface area contributed by atoms with E-state index < -0.39 is 11.5 Å². The Labute approximate surface area is 114 Å². The summed E-state index contributed by atoms with van der Waals surface area (Å²) in [5.74, 6) is -0.679. The van der Waals surface area contributed by atoms with Crippen molar-refractivity contribution in [1.82, 2.24) is 9.80 Å². The molecule has 6 heteroatoms. The van der Waals surface area contributed by atoms with Gasteiger partial charge in [0.05, 0.1) is 6.61 Å². The Balaban J connectivity index is 2.58. The minimum Gasteiger partial charge on any atom is -0.480 e. The molecule has 19 heavy (non-hydrogen) atoms. The fourth-order valence-corrected chi connectivity index (χ4v) is 2.06. The Morgan fingerprint density at radius 1 is 1.37 bits per heavy atom. The molecule has 1 heterocycles. The van der Waals surface area contributed by atoms with E-state index in [9.17, 15) is 9.59 Å². The highest BCUT2D eigenvalue weighted by Gasteiger charge is 2.36. The smallest absolute Gasteiger partial charge is 0.329 e. The third-order valence-electron chi connectivity index (χ3n) is 3.76. The first kappa shape index (κ1) is 15.8. The van der Waals surface area contributed by atoms with Gasteiger partial charge in [-0.2, -0.15) is 0 Å². The summed E-state index contributed by atoms with van der Waals surface area (Å²) in [5, 5.41) is 9.13. The highest BCUT2D eigenvalue weighted by Crippen LogP contribution is 2.18. The van der Waals surface area contributed by atoms with E-state index in [1.165, 1.54) is 25.8 Å². The molecule has 1 aliphatic rings. The molecular formula is C13H24N2O4. The maximum absolute atomic E-state index is 12.2. The van der Waals surface area contributed by atoms with E-state index in [0.717, 1.165) is 19.4 Å². The summed E-state index contributed by atoms with van der Waals surface area (Å²) in [7, 11) is 3.22. The second-order valence-corrected chi connectivity index (χ2v) is 5.67. The van der Waals surface area contributed by atoms with E-state index in [1.807, 2.05) is 0 Å². The van der Waals surface area contributed by atoms with E-state index in [-0.39, 0.29) is 6.03 Å². The molecule has 1 saturated heterocycles. The van der Waals surface area contributed by atoms with E-state index in [0.29, 0.717) is 19.1 Å². The van der Waals surface area contributed by atoms with Crippen molar-refractivity contribution in [2.75, 3.05) is 33.9 Å². The van der Waals surface area contributed by atoms with Crippen LogP contribution in [0.1, 0.15) is 26.7 Å². The van der Waals surface area contributed by atoms with Crippen LogP contribution in [-0.4, -0.2) is 66.3 Å². The van der Waals surface area contributed by atoms with Crippen LogP contribution in [0.4, 0.5) is 4.79 Å². The monoisotopic (exact) mass is 272 g/mol. The molecule has 1 N–H and O–H groups in total. The standard InChI is InChI=1S/C13H24N2O4/c1-13(2,11(16)17)15(4)12(18)14(3)8-10-6-5-7-19-9-10/h10H,5-9H2,1-4H3,(H,16,17). The number of amides is 2. The van der Waals surface area contributed by atoms with Gasteiger partial charge >= 0.3 is 12.0 Å². The Morgan fingerprint density at radius 3 is 2.47 bits per heavy atom. The summed E-state index contributed by atoms with van der Waals surface area (Å²) >= 11 is 0. The van der Waals surface area contributed by atoms with Gasteiger partial charge in [-0.05, 0) is 26.7 Å². The number of likely N-dealkylation sites (N-methyl/N-ethyl adjacent to an activating group) is 1. The Morgan fingerprint density at radius 2 is 2.00 bits per heavy atom. The average Bonchev–Trinajstić information content (AvgIpc) is 2.37. The van der Waals surface area contributed by atoms with Gasteiger partial charge in [-0.1, -0.05) is 0 Å². The number of aliphatic carboxylic acids is 1. The molecule has 0 saturated carbocycles. The number of carbonyl (C=O) groups is 2. The van der Waals surface area contributed by atoms with Gasteiger partial charge in [0.15, 0.2) is 0 Å². The van der Waals surface area contributed by atoms with Gasteiger partial charge in [-0.3, -0.25) is 0 Å². The number of carboxylic acid groups (broad SMARTS) is 1. The number of nitrogens with zero attached hydrogens (tertiary/aromatic N) is 2. The molecule has 0 aromatic heterocycles. The van der Waals surface area contributed by atoms with Gasteiger partial charge in [0.2, 0.25) is 0 Å². The topological polar surface area (TPSA) is 70.1 Å². The highest BCUT2D eigenvalue weighted by molar-refractivity contribution is 5.85. The zero-order valence-electron chi connectivity index (χ0n) is 12.2. The second kappa shape index (κ2) is 6.23. The van der Waals surface area contributed by atoms with Crippen LogP contribution in [-0.2, 0) is 9.53 Å². The van der Waals surface area contributed by atoms with Crippen molar-refractivity contribution in [2.45, 2.75) is 32.2 Å². The van der Waals surface area contributed by atoms with Crippen molar-refractivity contribution in [3.05, 3.63) is 0 Å². The van der Waals surface area contributed by atoms with Crippen LogP contribution in [0, 0.1) is 5.92 Å². The van der Waals surface area contributed by atoms with Gasteiger partial charge in [0, 0.05) is 33.2 Å². The molecule has 1 unspecified atom stereocenters. The van der Waals surface area contributed by atoms with Crippen molar-refractivity contribution >= 4 is 12.0 Å². The van der Waals surface area contributed by atoms with Gasteiger partial charge in [-0.25, -0.2) is 9.59 Å². The first-order valence-corrected chi connectivity index (χ1v) is 6.57. The van der Waals surface area contributed by atoms with Gasteiger partial charge < -0.3 is 19.6 Å². The number of carboxylic acids is 1. The zero-order chi connectivity index (χ0) is 14.6. The molecule has 1 atom stereocenters. The number of rotatable bonds is 4. The molecule has 1 aliphatic heterocycles. The van der Waals surface area contributed by atoms with Crippen LogP contribution >= 0.6 is 0 Å². The molecular weight excluding hydrogens is 248 g/mol. The van der Waals surface area contributed by atoms with Crippen molar-refractivity contribution < 1.29 is 19.4 Å². The Bertz CT molecular complexity index is 338. The summed E-state index contributed by atoms with van der Waals surface area (Å²) in [4.78, 5) is 26.2. The van der Waals surface area contributed by atoms with Crippen LogP contribution in [0.5, 0.6) is 0 Å². The molecule has 0 radical (unpaired) electrons. The number of ether oxygens (including phenoxy) is 1. The number of hydrogen-bond acceptors (Lipinski definition) is 3. The van der Waals surface area contributed by atoms with Crippen LogP contribution in [0.2, 0.25) is 0 Å². The SMILES string of the molecule is CN(CC1CCCOC1)C(=O)N(C)C(C)(C)C(=O)O. The lowest BCUT2D eigenvalue weighted by Gasteiger charge is -2.36. The lowest BCUT2D eigenvalue weighted by molar-refractivity contribution is -0.147. The lowest BCUT2D eigenvalue weighted by Crippen LogP contribution is -2.55. The molecule has 1 rings (SSSR count). The lowest BCUT2D eigenvalue weighted by atomic mass is 10.0. The van der Waals surface area contributed by atoms with Crippen LogP contribution in [0.25, 0.3) is 0 Å². The first-order chi connectivity index (χ1) is 8.76. The maximum atomic E-state index is 12.2. The summed E-state index contributed by atoms with van der Waals surface area (Å²) in [6, 6.07) is -0.280. The minimum absolute atomic E-state index is 0.280. The molecule has 0 aromatic carbocycles. The molecule has 6 nitrogen and oxygen atoms in total. The molecule has 0 aromatic rings.